The first-order valence-corrected chi connectivity index (χ1v) is 8.08. The van der Waals surface area contributed by atoms with E-state index in [0.717, 1.165) is 36.3 Å². The highest BCUT2D eigenvalue weighted by molar-refractivity contribution is 5.81. The zero-order valence-electron chi connectivity index (χ0n) is 13.1. The monoisotopic (exact) mass is 310 g/mol. The largest absolute Gasteiger partial charge is 0.489 e. The molecule has 2 aromatic carbocycles. The van der Waals surface area contributed by atoms with Crippen molar-refractivity contribution in [3.05, 3.63) is 65.7 Å². The molecule has 1 fully saturated rings. The van der Waals surface area contributed by atoms with Crippen LogP contribution in [-0.4, -0.2) is 18.5 Å². The number of carbonyl (C=O) groups is 1. The Kier molecular flexibility index (Phi) is 5.27. The van der Waals surface area contributed by atoms with E-state index in [1.165, 1.54) is 0 Å². The quantitative estimate of drug-likeness (QED) is 0.862. The summed E-state index contributed by atoms with van der Waals surface area (Å²) < 4.78 is 5.72. The lowest BCUT2D eigenvalue weighted by atomic mass is 10.1. The smallest absolute Gasteiger partial charge is 0.237 e. The van der Waals surface area contributed by atoms with Gasteiger partial charge in [0.25, 0.3) is 0 Å². The first-order chi connectivity index (χ1) is 11.3. The molecule has 0 spiro atoms. The molecule has 1 aliphatic rings. The highest BCUT2D eigenvalue weighted by Gasteiger charge is 2.21. The molecule has 1 heterocycles. The van der Waals surface area contributed by atoms with E-state index in [4.69, 9.17) is 4.74 Å². The van der Waals surface area contributed by atoms with Crippen molar-refractivity contribution < 1.29 is 9.53 Å². The first-order valence-electron chi connectivity index (χ1n) is 8.08. The maximum atomic E-state index is 12.0. The van der Waals surface area contributed by atoms with Crippen LogP contribution in [0.1, 0.15) is 24.0 Å². The van der Waals surface area contributed by atoms with E-state index in [0.29, 0.717) is 13.2 Å². The second-order valence-electron chi connectivity index (χ2n) is 5.78. The molecule has 3 rings (SSSR count). The van der Waals surface area contributed by atoms with Crippen LogP contribution in [0, 0.1) is 0 Å². The summed E-state index contributed by atoms with van der Waals surface area (Å²) in [5.74, 6) is 0.965. The van der Waals surface area contributed by atoms with Gasteiger partial charge in [-0.2, -0.15) is 0 Å². The number of ether oxygens (including phenoxy) is 1. The minimum atomic E-state index is -0.0199. The molecule has 1 aliphatic heterocycles. The molecule has 1 amide bonds. The van der Waals surface area contributed by atoms with Crippen LogP contribution >= 0.6 is 0 Å². The molecule has 0 saturated carbocycles. The Morgan fingerprint density at radius 3 is 2.52 bits per heavy atom. The SMILES string of the molecule is O=C(NCc1ccc(COc2ccccc2)cc1)C1CCCN1. The van der Waals surface area contributed by atoms with Crippen molar-refractivity contribution in [2.75, 3.05) is 6.54 Å². The van der Waals surface area contributed by atoms with Gasteiger partial charge >= 0.3 is 0 Å². The fraction of sp³-hybridized carbons (Fsp3) is 0.316. The van der Waals surface area contributed by atoms with Gasteiger partial charge in [-0.25, -0.2) is 0 Å². The average molecular weight is 310 g/mol. The molecule has 23 heavy (non-hydrogen) atoms. The number of carbonyl (C=O) groups excluding carboxylic acids is 1. The van der Waals surface area contributed by atoms with E-state index < -0.39 is 0 Å². The van der Waals surface area contributed by atoms with E-state index in [1.807, 2.05) is 54.6 Å². The summed E-state index contributed by atoms with van der Waals surface area (Å²) in [5, 5.41) is 6.19. The maximum absolute atomic E-state index is 12.0. The molecule has 0 aromatic heterocycles. The topological polar surface area (TPSA) is 50.4 Å². The summed E-state index contributed by atoms with van der Waals surface area (Å²) >= 11 is 0. The zero-order valence-corrected chi connectivity index (χ0v) is 13.1. The molecule has 1 saturated heterocycles. The Hall–Kier alpha value is -2.33. The van der Waals surface area contributed by atoms with Crippen LogP contribution in [0.3, 0.4) is 0 Å². The van der Waals surface area contributed by atoms with Gasteiger partial charge in [0.15, 0.2) is 0 Å². The standard InChI is InChI=1S/C19H22N2O2/c22-19(18-7-4-12-20-18)21-13-15-8-10-16(11-9-15)14-23-17-5-2-1-3-6-17/h1-3,5-6,8-11,18,20H,4,7,12-14H2,(H,21,22). The predicted octanol–water partition coefficient (Wildman–Crippen LogP) is 2.63. The molecule has 0 radical (unpaired) electrons. The van der Waals surface area contributed by atoms with E-state index in [-0.39, 0.29) is 11.9 Å². The highest BCUT2D eigenvalue weighted by Crippen LogP contribution is 2.12. The third-order valence-corrected chi connectivity index (χ3v) is 4.02. The van der Waals surface area contributed by atoms with Gasteiger partial charge in [-0.1, -0.05) is 42.5 Å². The molecular weight excluding hydrogens is 288 g/mol. The minimum absolute atomic E-state index is 0.0199. The summed E-state index contributed by atoms with van der Waals surface area (Å²) in [6.45, 7) is 2.05. The van der Waals surface area contributed by atoms with Gasteiger partial charge in [-0.05, 0) is 42.6 Å². The predicted molar refractivity (Wildman–Crippen MR) is 90.1 cm³/mol. The molecular formula is C19H22N2O2. The number of benzene rings is 2. The molecule has 1 unspecified atom stereocenters. The van der Waals surface area contributed by atoms with Gasteiger partial charge in [0.2, 0.25) is 5.91 Å². The van der Waals surface area contributed by atoms with E-state index in [1.54, 1.807) is 0 Å². The number of nitrogens with one attached hydrogen (secondary N) is 2. The van der Waals surface area contributed by atoms with Crippen LogP contribution in [0.25, 0.3) is 0 Å². The van der Waals surface area contributed by atoms with Gasteiger partial charge in [0.05, 0.1) is 6.04 Å². The van der Waals surface area contributed by atoms with E-state index >= 15 is 0 Å². The molecule has 2 N–H and O–H groups in total. The number of hydrogen-bond acceptors (Lipinski definition) is 3. The van der Waals surface area contributed by atoms with Crippen LogP contribution in [0.5, 0.6) is 5.75 Å². The van der Waals surface area contributed by atoms with E-state index in [9.17, 15) is 4.79 Å². The summed E-state index contributed by atoms with van der Waals surface area (Å²) in [5.41, 5.74) is 2.21. The lowest BCUT2D eigenvalue weighted by Crippen LogP contribution is -2.39. The highest BCUT2D eigenvalue weighted by atomic mass is 16.5. The Bertz CT molecular complexity index is 620. The average Bonchev–Trinajstić information content (AvgIpc) is 3.14. The number of amides is 1. The van der Waals surface area contributed by atoms with Crippen molar-refractivity contribution in [2.24, 2.45) is 0 Å². The lowest BCUT2D eigenvalue weighted by molar-refractivity contribution is -0.122. The van der Waals surface area contributed by atoms with Crippen LogP contribution < -0.4 is 15.4 Å². The van der Waals surface area contributed by atoms with Gasteiger partial charge in [0.1, 0.15) is 12.4 Å². The van der Waals surface area contributed by atoms with Crippen molar-refractivity contribution in [1.82, 2.24) is 10.6 Å². The summed E-state index contributed by atoms with van der Waals surface area (Å²) in [4.78, 5) is 12.0. The van der Waals surface area contributed by atoms with Gasteiger partial charge < -0.3 is 15.4 Å². The fourth-order valence-electron chi connectivity index (χ4n) is 2.66. The van der Waals surface area contributed by atoms with E-state index in [2.05, 4.69) is 10.6 Å². The molecule has 120 valence electrons. The summed E-state index contributed by atoms with van der Waals surface area (Å²) in [6.07, 6.45) is 2.01. The molecule has 4 heteroatoms. The lowest BCUT2D eigenvalue weighted by Gasteiger charge is -2.11. The van der Waals surface area contributed by atoms with Gasteiger partial charge in [0, 0.05) is 6.54 Å². The number of para-hydroxylation sites is 1. The van der Waals surface area contributed by atoms with Crippen LogP contribution in [0.4, 0.5) is 0 Å². The summed E-state index contributed by atoms with van der Waals surface area (Å²) in [6, 6.07) is 17.9. The van der Waals surface area contributed by atoms with Crippen LogP contribution in [-0.2, 0) is 17.9 Å². The zero-order chi connectivity index (χ0) is 15.9. The number of hydrogen-bond donors (Lipinski definition) is 2. The van der Waals surface area contributed by atoms with Crippen molar-refractivity contribution >= 4 is 5.91 Å². The first kappa shape index (κ1) is 15.6. The van der Waals surface area contributed by atoms with Crippen molar-refractivity contribution in [2.45, 2.75) is 32.0 Å². The maximum Gasteiger partial charge on any atom is 0.237 e. The van der Waals surface area contributed by atoms with Gasteiger partial charge in [-0.3, -0.25) is 4.79 Å². The van der Waals surface area contributed by atoms with Crippen LogP contribution in [0.15, 0.2) is 54.6 Å². The Balaban J connectivity index is 1.46. The van der Waals surface area contributed by atoms with Crippen molar-refractivity contribution in [3.8, 4) is 5.75 Å². The Morgan fingerprint density at radius 2 is 1.83 bits per heavy atom. The molecule has 0 bridgehead atoms. The second-order valence-corrected chi connectivity index (χ2v) is 5.78. The third kappa shape index (κ3) is 4.57. The minimum Gasteiger partial charge on any atom is -0.489 e. The summed E-state index contributed by atoms with van der Waals surface area (Å²) in [7, 11) is 0. The Labute approximate surface area is 136 Å². The van der Waals surface area contributed by atoms with Crippen molar-refractivity contribution in [3.63, 3.8) is 0 Å². The van der Waals surface area contributed by atoms with Crippen LogP contribution in [0.2, 0.25) is 0 Å². The Morgan fingerprint density at radius 1 is 1.09 bits per heavy atom. The third-order valence-electron chi connectivity index (χ3n) is 4.02. The fourth-order valence-corrected chi connectivity index (χ4v) is 2.66. The van der Waals surface area contributed by atoms with Gasteiger partial charge in [-0.15, -0.1) is 0 Å². The second kappa shape index (κ2) is 7.79. The molecule has 1 atom stereocenters. The molecule has 0 aliphatic carbocycles. The number of rotatable bonds is 6. The molecule has 4 nitrogen and oxygen atoms in total. The normalized spacial score (nSPS) is 17.0. The molecule has 2 aromatic rings. The van der Waals surface area contributed by atoms with Crippen molar-refractivity contribution in [1.29, 1.82) is 0 Å².